The van der Waals surface area contributed by atoms with Gasteiger partial charge in [0.05, 0.1) is 13.0 Å². The van der Waals surface area contributed by atoms with E-state index in [0.717, 1.165) is 5.56 Å². The van der Waals surface area contributed by atoms with Crippen LogP contribution in [-0.4, -0.2) is 59.8 Å². The third kappa shape index (κ3) is 3.66. The zero-order valence-corrected chi connectivity index (χ0v) is 15.5. The average Bonchev–Trinajstić information content (AvgIpc) is 3.24. The number of benzene rings is 1. The first-order valence-corrected chi connectivity index (χ1v) is 9.19. The minimum absolute atomic E-state index is 0.194. The lowest BCUT2D eigenvalue weighted by Crippen LogP contribution is -2.33. The van der Waals surface area contributed by atoms with Gasteiger partial charge in [0.25, 0.3) is 0 Å². The molecule has 0 radical (unpaired) electrons. The molecule has 4 rings (SSSR count). The second-order valence-electron chi connectivity index (χ2n) is 6.75. The van der Waals surface area contributed by atoms with Crippen molar-refractivity contribution in [1.82, 2.24) is 19.5 Å². The van der Waals surface area contributed by atoms with Crippen molar-refractivity contribution in [3.05, 3.63) is 48.0 Å². The number of rotatable bonds is 4. The first kappa shape index (κ1) is 19.3. The fraction of sp³-hybridized carbons (Fsp3) is 0.350. The van der Waals surface area contributed by atoms with Crippen LogP contribution >= 0.6 is 0 Å². The molecule has 9 nitrogen and oxygen atoms in total. The number of nitrogen functional groups attached to an aromatic ring is 1. The molecule has 1 aliphatic heterocycles. The summed E-state index contributed by atoms with van der Waals surface area (Å²) in [5.41, 5.74) is 7.77. The van der Waals surface area contributed by atoms with E-state index in [1.54, 1.807) is 4.57 Å². The van der Waals surface area contributed by atoms with E-state index in [4.69, 9.17) is 10.5 Å². The van der Waals surface area contributed by atoms with Gasteiger partial charge in [-0.3, -0.25) is 4.57 Å². The molecular weight excluding hydrogens is 374 g/mol. The van der Waals surface area contributed by atoms with Crippen LogP contribution in [-0.2, 0) is 17.6 Å². The van der Waals surface area contributed by atoms with Crippen LogP contribution in [0, 0.1) is 11.8 Å². The smallest absolute Gasteiger partial charge is 0.167 e. The van der Waals surface area contributed by atoms with Crippen molar-refractivity contribution in [3.63, 3.8) is 0 Å². The number of hydrogen-bond acceptors (Lipinski definition) is 8. The zero-order valence-electron chi connectivity index (χ0n) is 15.5. The molecule has 1 fully saturated rings. The number of fused-ring (bicyclic) bond motifs is 1. The van der Waals surface area contributed by atoms with Crippen molar-refractivity contribution in [2.45, 2.75) is 37.4 Å². The highest BCUT2D eigenvalue weighted by molar-refractivity contribution is 5.82. The number of aliphatic hydroxyl groups excluding tert-OH is 3. The molecule has 9 heteroatoms. The maximum absolute atomic E-state index is 10.5. The molecule has 0 bridgehead atoms. The van der Waals surface area contributed by atoms with Gasteiger partial charge in [0.15, 0.2) is 23.2 Å². The van der Waals surface area contributed by atoms with E-state index in [1.807, 2.05) is 30.3 Å². The van der Waals surface area contributed by atoms with Gasteiger partial charge in [-0.15, -0.1) is 0 Å². The summed E-state index contributed by atoms with van der Waals surface area (Å²) in [6, 6.07) is 9.86. The molecule has 29 heavy (non-hydrogen) atoms. The van der Waals surface area contributed by atoms with Crippen molar-refractivity contribution < 1.29 is 20.1 Å². The summed E-state index contributed by atoms with van der Waals surface area (Å²) in [6.07, 6.45) is -2.25. The molecule has 0 spiro atoms. The summed E-state index contributed by atoms with van der Waals surface area (Å²) in [4.78, 5) is 12.7. The van der Waals surface area contributed by atoms with Crippen LogP contribution in [0.3, 0.4) is 0 Å². The second kappa shape index (κ2) is 8.14. The SMILES string of the molecule is Nc1ncnc2c1nc(CC#CCc1ccccc1)n2[C@@H]1O[C@H](CO)C(O)C1O. The van der Waals surface area contributed by atoms with E-state index < -0.39 is 31.1 Å². The number of anilines is 1. The fourth-order valence-corrected chi connectivity index (χ4v) is 3.36. The minimum atomic E-state index is -1.27. The Bertz CT molecular complexity index is 1060. The van der Waals surface area contributed by atoms with Crippen LogP contribution in [0.25, 0.3) is 11.2 Å². The monoisotopic (exact) mass is 395 g/mol. The third-order valence-electron chi connectivity index (χ3n) is 4.86. The van der Waals surface area contributed by atoms with Gasteiger partial charge in [0.1, 0.15) is 30.5 Å². The molecule has 2 aromatic heterocycles. The standard InChI is InChI=1S/C20H21N5O4/c21-18-15-19(23-11-22-18)25(20-17(28)16(27)13(10-26)29-20)14(24-15)9-5-4-8-12-6-2-1-3-7-12/h1-3,6-7,11,13,16-17,20,26-28H,8-10H2,(H2,21,22,23)/t13-,16?,17?,20-/m1/s1. The van der Waals surface area contributed by atoms with Gasteiger partial charge >= 0.3 is 0 Å². The molecular formula is C20H21N5O4. The van der Waals surface area contributed by atoms with Crippen molar-refractivity contribution >= 4 is 17.0 Å². The van der Waals surface area contributed by atoms with Gasteiger partial charge in [0, 0.05) is 6.42 Å². The summed E-state index contributed by atoms with van der Waals surface area (Å²) in [5.74, 6) is 6.85. The molecule has 0 amide bonds. The second-order valence-corrected chi connectivity index (χ2v) is 6.75. The van der Waals surface area contributed by atoms with Crippen molar-refractivity contribution in [2.24, 2.45) is 0 Å². The lowest BCUT2D eigenvalue weighted by atomic mass is 10.1. The number of nitrogens with zero attached hydrogens (tertiary/aromatic N) is 4. The number of aromatic nitrogens is 4. The van der Waals surface area contributed by atoms with Crippen LogP contribution in [0.1, 0.15) is 17.6 Å². The summed E-state index contributed by atoms with van der Waals surface area (Å²) >= 11 is 0. The molecule has 2 unspecified atom stereocenters. The Balaban J connectivity index is 1.67. The van der Waals surface area contributed by atoms with E-state index in [0.29, 0.717) is 23.4 Å². The summed E-state index contributed by atoms with van der Waals surface area (Å²) < 4.78 is 7.23. The summed E-state index contributed by atoms with van der Waals surface area (Å²) in [6.45, 7) is -0.426. The van der Waals surface area contributed by atoms with Crippen molar-refractivity contribution in [2.75, 3.05) is 12.3 Å². The van der Waals surface area contributed by atoms with Crippen LogP contribution in [0.2, 0.25) is 0 Å². The van der Waals surface area contributed by atoms with E-state index in [9.17, 15) is 15.3 Å². The number of aliphatic hydroxyl groups is 3. The van der Waals surface area contributed by atoms with Crippen molar-refractivity contribution in [3.8, 4) is 11.8 Å². The molecule has 1 saturated heterocycles. The maximum Gasteiger partial charge on any atom is 0.167 e. The van der Waals surface area contributed by atoms with Gasteiger partial charge in [-0.05, 0) is 5.56 Å². The fourth-order valence-electron chi connectivity index (χ4n) is 3.36. The predicted octanol–water partition coefficient (Wildman–Crippen LogP) is -0.191. The van der Waals surface area contributed by atoms with Crippen molar-refractivity contribution in [1.29, 1.82) is 0 Å². The van der Waals surface area contributed by atoms with Gasteiger partial charge < -0.3 is 25.8 Å². The summed E-state index contributed by atoms with van der Waals surface area (Å²) in [7, 11) is 0. The predicted molar refractivity (Wildman–Crippen MR) is 104 cm³/mol. The Morgan fingerprint density at radius 3 is 2.55 bits per heavy atom. The molecule has 0 aliphatic carbocycles. The average molecular weight is 395 g/mol. The largest absolute Gasteiger partial charge is 0.394 e. The molecule has 150 valence electrons. The number of imidazole rings is 1. The quantitative estimate of drug-likeness (QED) is 0.446. The number of hydrogen-bond donors (Lipinski definition) is 4. The van der Waals surface area contributed by atoms with E-state index in [-0.39, 0.29) is 12.2 Å². The molecule has 1 aliphatic rings. The first-order valence-electron chi connectivity index (χ1n) is 9.19. The van der Waals surface area contributed by atoms with Gasteiger partial charge in [-0.25, -0.2) is 15.0 Å². The highest BCUT2D eigenvalue weighted by Gasteiger charge is 2.44. The van der Waals surface area contributed by atoms with E-state index in [1.165, 1.54) is 6.33 Å². The van der Waals surface area contributed by atoms with Crippen LogP contribution in [0.15, 0.2) is 36.7 Å². The Morgan fingerprint density at radius 1 is 1.07 bits per heavy atom. The van der Waals surface area contributed by atoms with E-state index >= 15 is 0 Å². The molecule has 3 heterocycles. The maximum atomic E-state index is 10.5. The number of ether oxygens (including phenoxy) is 1. The topological polar surface area (TPSA) is 140 Å². The van der Waals surface area contributed by atoms with Crippen LogP contribution in [0.4, 0.5) is 5.82 Å². The third-order valence-corrected chi connectivity index (χ3v) is 4.86. The van der Waals surface area contributed by atoms with Crippen LogP contribution in [0.5, 0.6) is 0 Å². The van der Waals surface area contributed by atoms with Gasteiger partial charge in [-0.2, -0.15) is 0 Å². The molecule has 0 saturated carbocycles. The van der Waals surface area contributed by atoms with Gasteiger partial charge in [-0.1, -0.05) is 42.2 Å². The Hall–Kier alpha value is -3.03. The highest BCUT2D eigenvalue weighted by Crippen LogP contribution is 2.33. The molecule has 4 atom stereocenters. The first-order chi connectivity index (χ1) is 14.1. The molecule has 3 aromatic rings. The lowest BCUT2D eigenvalue weighted by molar-refractivity contribution is -0.0521. The Kier molecular flexibility index (Phi) is 5.42. The van der Waals surface area contributed by atoms with E-state index in [2.05, 4.69) is 26.8 Å². The summed E-state index contributed by atoms with van der Waals surface area (Å²) in [5, 5.41) is 30.0. The molecule has 5 N–H and O–H groups in total. The Labute approximate surface area is 166 Å². The Morgan fingerprint density at radius 2 is 1.83 bits per heavy atom. The lowest BCUT2D eigenvalue weighted by Gasteiger charge is -2.18. The van der Waals surface area contributed by atoms with Crippen LogP contribution < -0.4 is 5.73 Å². The minimum Gasteiger partial charge on any atom is -0.394 e. The zero-order chi connectivity index (χ0) is 20.4. The number of nitrogens with two attached hydrogens (primary N) is 1. The normalized spacial score (nSPS) is 23.8. The highest BCUT2D eigenvalue weighted by atomic mass is 16.6. The molecule has 1 aromatic carbocycles. The van der Waals surface area contributed by atoms with Gasteiger partial charge in [0.2, 0.25) is 0 Å².